The topological polar surface area (TPSA) is 0 Å². The van der Waals surface area contributed by atoms with Crippen LogP contribution in [0.25, 0.3) is 11.1 Å². The van der Waals surface area contributed by atoms with E-state index < -0.39 is 21.3 Å². The van der Waals surface area contributed by atoms with Crippen molar-refractivity contribution in [1.29, 1.82) is 0 Å². The molecule has 0 radical (unpaired) electrons. The van der Waals surface area contributed by atoms with Gasteiger partial charge in [0.2, 0.25) is 0 Å². The Hall–Kier alpha value is -2.31. The van der Waals surface area contributed by atoms with Gasteiger partial charge in [0.15, 0.2) is 0 Å². The van der Waals surface area contributed by atoms with Gasteiger partial charge in [0.1, 0.15) is 0 Å². The van der Waals surface area contributed by atoms with Crippen LogP contribution in [0.4, 0.5) is 0 Å². The van der Waals surface area contributed by atoms with E-state index in [1.165, 1.54) is 33.4 Å². The van der Waals surface area contributed by atoms with Crippen molar-refractivity contribution in [3.05, 3.63) is 152 Å². The van der Waals surface area contributed by atoms with Crippen molar-refractivity contribution in [2.75, 3.05) is 0 Å². The molecular formula is C32H26Cl2Zr. The van der Waals surface area contributed by atoms with Gasteiger partial charge >= 0.3 is 205 Å². The second-order valence-corrected chi connectivity index (χ2v) is 15.2. The molecule has 0 fully saturated rings. The minimum atomic E-state index is -2.50. The Balaban J connectivity index is 0.00000144. The molecule has 6 rings (SSSR count). The van der Waals surface area contributed by atoms with Gasteiger partial charge in [-0.05, 0) is 0 Å². The fourth-order valence-electron chi connectivity index (χ4n) is 5.58. The minimum Gasteiger partial charge on any atom is -1.00 e. The standard InChI is InChI=1S/C14H11.C13H10.C5H5.2ClH.Zr/c1-10-5-4-7-12-9-11-6-2-3-8-13(11)14(10)12;1-3-7-12(8-4-1)11-13-9-5-2-6-10-13;1-2-4-5-3-1;;;/h2-9H,1H3;1-10H;1-3H,4H2;2*1H;/q;;;;;+2/p-2. The maximum absolute atomic E-state index is 2.50. The summed E-state index contributed by atoms with van der Waals surface area (Å²) in [7, 11) is 0. The van der Waals surface area contributed by atoms with Crippen LogP contribution in [0.15, 0.2) is 125 Å². The zero-order chi connectivity index (χ0) is 22.2. The van der Waals surface area contributed by atoms with Gasteiger partial charge < -0.3 is 24.8 Å². The number of fused-ring (bicyclic) bond motifs is 3. The first-order valence-corrected chi connectivity index (χ1v) is 15.6. The average Bonchev–Trinajstić information content (AvgIpc) is 3.51. The Morgan fingerprint density at radius 1 is 0.686 bits per heavy atom. The van der Waals surface area contributed by atoms with Gasteiger partial charge in [-0.25, -0.2) is 0 Å². The number of rotatable bonds is 4. The van der Waals surface area contributed by atoms with Gasteiger partial charge in [-0.1, -0.05) is 0 Å². The van der Waals surface area contributed by atoms with Gasteiger partial charge in [0.05, 0.1) is 0 Å². The Morgan fingerprint density at radius 3 is 1.91 bits per heavy atom. The summed E-state index contributed by atoms with van der Waals surface area (Å²) in [6.45, 7) is 2.27. The molecule has 0 heterocycles. The van der Waals surface area contributed by atoms with E-state index >= 15 is 0 Å². The first kappa shape index (κ1) is 25.8. The van der Waals surface area contributed by atoms with E-state index in [1.54, 1.807) is 12.1 Å². The molecule has 0 aromatic heterocycles. The number of halogens is 2. The molecule has 35 heavy (non-hydrogen) atoms. The summed E-state index contributed by atoms with van der Waals surface area (Å²) in [6.07, 6.45) is 8.16. The predicted molar refractivity (Wildman–Crippen MR) is 136 cm³/mol. The summed E-state index contributed by atoms with van der Waals surface area (Å²) in [6, 6.07) is 38.5. The van der Waals surface area contributed by atoms with Crippen molar-refractivity contribution in [2.24, 2.45) is 0 Å². The number of hydrogen-bond acceptors (Lipinski definition) is 0. The summed E-state index contributed by atoms with van der Waals surface area (Å²) in [4.78, 5) is 0. The van der Waals surface area contributed by atoms with Gasteiger partial charge in [0.25, 0.3) is 0 Å². The van der Waals surface area contributed by atoms with Crippen LogP contribution in [0.3, 0.4) is 0 Å². The van der Waals surface area contributed by atoms with Gasteiger partial charge in [-0.15, -0.1) is 0 Å². The Kier molecular flexibility index (Phi) is 8.23. The van der Waals surface area contributed by atoms with Crippen LogP contribution in [0.5, 0.6) is 0 Å². The largest absolute Gasteiger partial charge is 1.00 e. The van der Waals surface area contributed by atoms with Crippen molar-refractivity contribution in [2.45, 2.75) is 17.0 Å². The second-order valence-electron chi connectivity index (χ2n) is 8.90. The van der Waals surface area contributed by atoms with E-state index in [2.05, 4.69) is 128 Å². The van der Waals surface area contributed by atoms with Crippen LogP contribution in [0, 0.1) is 6.92 Å². The molecule has 2 aliphatic rings. The smallest absolute Gasteiger partial charge is 1.00 e. The number of allylic oxidation sites excluding steroid dienone is 4. The van der Waals surface area contributed by atoms with E-state index in [0.29, 0.717) is 3.63 Å². The summed E-state index contributed by atoms with van der Waals surface area (Å²) >= 11 is -2.50. The van der Waals surface area contributed by atoms with Crippen LogP contribution >= 0.6 is 0 Å². The third kappa shape index (κ3) is 4.63. The first-order chi connectivity index (χ1) is 16.3. The summed E-state index contributed by atoms with van der Waals surface area (Å²) in [5.74, 6) is 0. The van der Waals surface area contributed by atoms with E-state index in [-0.39, 0.29) is 24.8 Å². The molecule has 0 N–H and O–H groups in total. The second kappa shape index (κ2) is 11.2. The van der Waals surface area contributed by atoms with Crippen LogP contribution in [0.1, 0.15) is 37.9 Å². The minimum absolute atomic E-state index is 0. The van der Waals surface area contributed by atoms with Crippen LogP contribution in [-0.4, -0.2) is 3.21 Å². The van der Waals surface area contributed by atoms with E-state index in [1.807, 2.05) is 0 Å². The summed E-state index contributed by atoms with van der Waals surface area (Å²) < 4.78 is 3.79. The van der Waals surface area contributed by atoms with Gasteiger partial charge in [0, 0.05) is 0 Å². The molecule has 1 atom stereocenters. The molecule has 0 saturated heterocycles. The SMILES string of the molecule is Cc1cccc2c1-c1ccccc1[CH]2[Zr+2]([C]1=CC=CC1)=[C](c1ccccc1)c1ccccc1.[Cl-].[Cl-]. The molecule has 0 spiro atoms. The molecule has 0 amide bonds. The van der Waals surface area contributed by atoms with Crippen molar-refractivity contribution >= 4 is 3.21 Å². The molecule has 4 aromatic carbocycles. The normalized spacial score (nSPS) is 14.5. The predicted octanol–water partition coefficient (Wildman–Crippen LogP) is 1.80. The third-order valence-electron chi connectivity index (χ3n) is 6.96. The molecule has 0 nitrogen and oxygen atoms in total. The first-order valence-electron chi connectivity index (χ1n) is 11.7. The number of benzene rings is 4. The maximum atomic E-state index is 2.44. The van der Waals surface area contributed by atoms with Crippen LogP contribution in [-0.2, 0) is 21.3 Å². The third-order valence-corrected chi connectivity index (χ3v) is 15.3. The summed E-state index contributed by atoms with van der Waals surface area (Å²) in [5.41, 5.74) is 10.2. The van der Waals surface area contributed by atoms with Crippen LogP contribution < -0.4 is 24.8 Å². The van der Waals surface area contributed by atoms with E-state index in [4.69, 9.17) is 0 Å². The average molecular weight is 573 g/mol. The fraction of sp³-hybridized carbons (Fsp3) is 0.0938. The molecule has 172 valence electrons. The summed E-state index contributed by atoms with van der Waals surface area (Å²) in [5, 5.41) is 0. The van der Waals surface area contributed by atoms with Crippen molar-refractivity contribution in [3.63, 3.8) is 0 Å². The zero-order valence-corrected chi connectivity index (χ0v) is 23.6. The van der Waals surface area contributed by atoms with E-state index in [0.717, 1.165) is 6.42 Å². The van der Waals surface area contributed by atoms with Crippen molar-refractivity contribution < 1.29 is 46.1 Å². The quantitative estimate of drug-likeness (QED) is 0.350. The van der Waals surface area contributed by atoms with Crippen molar-refractivity contribution in [1.82, 2.24) is 0 Å². The van der Waals surface area contributed by atoms with Gasteiger partial charge in [-0.3, -0.25) is 0 Å². The molecule has 1 unspecified atom stereocenters. The maximum Gasteiger partial charge on any atom is -1.00 e. The van der Waals surface area contributed by atoms with Crippen LogP contribution in [0.2, 0.25) is 0 Å². The molecule has 0 aliphatic heterocycles. The Labute approximate surface area is 228 Å². The molecule has 4 aromatic rings. The molecular weight excluding hydrogens is 546 g/mol. The number of hydrogen-bond donors (Lipinski definition) is 0. The molecule has 2 aliphatic carbocycles. The molecule has 0 saturated carbocycles. The van der Waals surface area contributed by atoms with E-state index in [9.17, 15) is 0 Å². The van der Waals surface area contributed by atoms with Crippen molar-refractivity contribution in [3.8, 4) is 11.1 Å². The van der Waals surface area contributed by atoms with Gasteiger partial charge in [-0.2, -0.15) is 0 Å². The fourth-order valence-corrected chi connectivity index (χ4v) is 14.6. The monoisotopic (exact) mass is 570 g/mol. The zero-order valence-electron chi connectivity index (χ0n) is 19.6. The molecule has 3 heteroatoms. The number of aryl methyl sites for hydroxylation is 1. The molecule has 0 bridgehead atoms. The Morgan fingerprint density at radius 2 is 1.29 bits per heavy atom. The Bertz CT molecular complexity index is 1390.